The van der Waals surface area contributed by atoms with E-state index in [9.17, 15) is 18.8 Å². The second-order valence-corrected chi connectivity index (χ2v) is 10.5. The maximum atomic E-state index is 15.6. The molecule has 1 fully saturated rings. The first-order chi connectivity index (χ1) is 20.6. The number of amides is 3. The number of carbonyl (C=O) groups excluding carboxylic acids is 3. The van der Waals surface area contributed by atoms with E-state index >= 15 is 4.39 Å². The molecule has 0 bridgehead atoms. The van der Waals surface area contributed by atoms with E-state index in [4.69, 9.17) is 9.47 Å². The third-order valence-corrected chi connectivity index (χ3v) is 7.25. The normalized spacial score (nSPS) is 18.8. The van der Waals surface area contributed by atoms with Crippen molar-refractivity contribution >= 4 is 28.6 Å². The molecule has 10 nitrogen and oxygen atoms in total. The number of ether oxygens (including phenoxy) is 2. The molecule has 1 saturated heterocycles. The average molecular weight is 592 g/mol. The van der Waals surface area contributed by atoms with E-state index in [1.54, 1.807) is 31.5 Å². The molecule has 1 aliphatic heterocycles. The van der Waals surface area contributed by atoms with E-state index in [2.05, 4.69) is 20.6 Å². The minimum absolute atomic E-state index is 0.245. The van der Waals surface area contributed by atoms with E-state index in [1.807, 2.05) is 12.1 Å². The molecule has 3 heterocycles. The van der Waals surface area contributed by atoms with Crippen molar-refractivity contribution < 1.29 is 32.6 Å². The second kappa shape index (κ2) is 12.6. The molecular formula is C31H31F2N5O5. The number of nitrogens with one attached hydrogen (secondary N) is 3. The predicted octanol–water partition coefficient (Wildman–Crippen LogP) is 4.06. The van der Waals surface area contributed by atoms with Crippen molar-refractivity contribution in [3.63, 3.8) is 0 Å². The zero-order valence-corrected chi connectivity index (χ0v) is 23.6. The van der Waals surface area contributed by atoms with Crippen LogP contribution in [-0.4, -0.2) is 71.1 Å². The highest BCUT2D eigenvalue weighted by atomic mass is 19.1. The standard InChI is InChI=1S/C31H31F2N5O5/c1-19(26-13-21-15-34-12-11-25(21)37-26)36-30(41)27-14-31(33,18-42-2)17-38(27)28(39)16-35-29(40)20-3-7-23(8-4-20)43-24-9-5-22(32)6-10-24/h3-13,15,19,27,37H,14,16-18H2,1-2H3,(H,35,40)(H,36,41)/t19-,27+,31-/m1/s1. The summed E-state index contributed by atoms with van der Waals surface area (Å²) < 4.78 is 39.3. The van der Waals surface area contributed by atoms with Crippen LogP contribution in [0.1, 0.15) is 35.4 Å². The fourth-order valence-corrected chi connectivity index (χ4v) is 5.08. The Kier molecular flexibility index (Phi) is 8.67. The average Bonchev–Trinajstić information content (AvgIpc) is 3.59. The van der Waals surface area contributed by atoms with Gasteiger partial charge in [0.25, 0.3) is 5.91 Å². The van der Waals surface area contributed by atoms with Crippen molar-refractivity contribution in [2.24, 2.45) is 0 Å². The van der Waals surface area contributed by atoms with Crippen molar-refractivity contribution in [3.8, 4) is 11.5 Å². The topological polar surface area (TPSA) is 126 Å². The molecule has 0 radical (unpaired) electrons. The number of aromatic nitrogens is 2. The van der Waals surface area contributed by atoms with Crippen molar-refractivity contribution in [2.45, 2.75) is 31.1 Å². The van der Waals surface area contributed by atoms with Gasteiger partial charge in [-0.25, -0.2) is 8.78 Å². The summed E-state index contributed by atoms with van der Waals surface area (Å²) in [5, 5.41) is 6.29. The minimum atomic E-state index is -1.92. The van der Waals surface area contributed by atoms with E-state index in [1.165, 1.54) is 43.5 Å². The number of carbonyl (C=O) groups is 3. The van der Waals surface area contributed by atoms with E-state index in [0.717, 1.165) is 21.5 Å². The molecular weight excluding hydrogens is 560 g/mol. The Morgan fingerprint density at radius 1 is 1.12 bits per heavy atom. The van der Waals surface area contributed by atoms with Crippen LogP contribution in [0.25, 0.3) is 10.9 Å². The number of hydrogen-bond donors (Lipinski definition) is 3. The number of nitrogens with zero attached hydrogens (tertiary/aromatic N) is 2. The molecule has 43 heavy (non-hydrogen) atoms. The Morgan fingerprint density at radius 3 is 2.49 bits per heavy atom. The first kappa shape index (κ1) is 29.6. The Morgan fingerprint density at radius 2 is 1.81 bits per heavy atom. The molecule has 224 valence electrons. The molecule has 0 spiro atoms. The molecule has 4 aromatic rings. The molecule has 1 aliphatic rings. The Bertz CT molecular complexity index is 1580. The van der Waals surface area contributed by atoms with Crippen molar-refractivity contribution in [1.29, 1.82) is 0 Å². The number of likely N-dealkylation sites (tertiary alicyclic amines) is 1. The van der Waals surface area contributed by atoms with Crippen LogP contribution < -0.4 is 15.4 Å². The summed E-state index contributed by atoms with van der Waals surface area (Å²) in [6.45, 7) is 0.703. The Balaban J connectivity index is 1.21. The maximum Gasteiger partial charge on any atom is 0.251 e. The van der Waals surface area contributed by atoms with Crippen molar-refractivity contribution in [3.05, 3.63) is 90.1 Å². The van der Waals surface area contributed by atoms with Crippen LogP contribution in [-0.2, 0) is 14.3 Å². The van der Waals surface area contributed by atoms with Crippen LogP contribution in [0, 0.1) is 5.82 Å². The van der Waals surface area contributed by atoms with Crippen molar-refractivity contribution in [2.75, 3.05) is 26.8 Å². The molecule has 5 rings (SSSR count). The third kappa shape index (κ3) is 6.97. The van der Waals surface area contributed by atoms with Gasteiger partial charge in [0, 0.05) is 48.1 Å². The summed E-state index contributed by atoms with van der Waals surface area (Å²) in [5.41, 5.74) is -0.0711. The molecule has 2 aromatic carbocycles. The Hall–Kier alpha value is -4.84. The number of benzene rings is 2. The van der Waals surface area contributed by atoms with Gasteiger partial charge < -0.3 is 30.0 Å². The monoisotopic (exact) mass is 591 g/mol. The molecule has 3 amide bonds. The number of halogens is 2. The Labute approximate surface area is 246 Å². The number of aromatic amines is 1. The summed E-state index contributed by atoms with van der Waals surface area (Å²) in [6.07, 6.45) is 3.11. The van der Waals surface area contributed by atoms with E-state index in [0.29, 0.717) is 11.5 Å². The van der Waals surface area contributed by atoms with Gasteiger partial charge in [0.1, 0.15) is 23.4 Å². The first-order valence-electron chi connectivity index (χ1n) is 13.7. The fraction of sp³-hybridized carbons (Fsp3) is 0.290. The molecule has 12 heteroatoms. The molecule has 3 N–H and O–H groups in total. The number of hydrogen-bond acceptors (Lipinski definition) is 6. The van der Waals surface area contributed by atoms with E-state index in [-0.39, 0.29) is 31.0 Å². The van der Waals surface area contributed by atoms with Gasteiger partial charge in [0.2, 0.25) is 11.8 Å². The van der Waals surface area contributed by atoms with Gasteiger partial charge in [-0.3, -0.25) is 19.4 Å². The lowest BCUT2D eigenvalue weighted by molar-refractivity contribution is -0.138. The second-order valence-electron chi connectivity index (χ2n) is 10.5. The van der Waals surface area contributed by atoms with Crippen LogP contribution in [0.15, 0.2) is 73.1 Å². The molecule has 0 saturated carbocycles. The first-order valence-corrected chi connectivity index (χ1v) is 13.7. The van der Waals surface area contributed by atoms with Crippen LogP contribution in [0.3, 0.4) is 0 Å². The molecule has 0 unspecified atom stereocenters. The minimum Gasteiger partial charge on any atom is -0.457 e. The van der Waals surface area contributed by atoms with Crippen LogP contribution in [0.2, 0.25) is 0 Å². The SMILES string of the molecule is COC[C@@]1(F)C[C@@H](C(=O)N[C@H](C)c2cc3cnccc3[nH]2)N(C(=O)CNC(=O)c2ccc(Oc3ccc(F)cc3)cc2)C1. The fourth-order valence-electron chi connectivity index (χ4n) is 5.08. The maximum absolute atomic E-state index is 15.6. The smallest absolute Gasteiger partial charge is 0.251 e. The van der Waals surface area contributed by atoms with Gasteiger partial charge in [0.15, 0.2) is 5.67 Å². The third-order valence-electron chi connectivity index (χ3n) is 7.25. The molecule has 3 atom stereocenters. The van der Waals surface area contributed by atoms with Gasteiger partial charge in [-0.05, 0) is 67.6 Å². The van der Waals surface area contributed by atoms with Crippen LogP contribution >= 0.6 is 0 Å². The quantitative estimate of drug-likeness (QED) is 0.256. The van der Waals surface area contributed by atoms with Gasteiger partial charge >= 0.3 is 0 Å². The van der Waals surface area contributed by atoms with Gasteiger partial charge in [-0.1, -0.05) is 0 Å². The number of methoxy groups -OCH3 is 1. The highest BCUT2D eigenvalue weighted by Gasteiger charge is 2.49. The predicted molar refractivity (Wildman–Crippen MR) is 154 cm³/mol. The summed E-state index contributed by atoms with van der Waals surface area (Å²) in [7, 11) is 1.35. The lowest BCUT2D eigenvalue weighted by atomic mass is 10.0. The van der Waals surface area contributed by atoms with Crippen LogP contribution in [0.4, 0.5) is 8.78 Å². The lowest BCUT2D eigenvalue weighted by Crippen LogP contribution is -2.49. The van der Waals surface area contributed by atoms with Gasteiger partial charge in [-0.2, -0.15) is 0 Å². The van der Waals surface area contributed by atoms with Gasteiger partial charge in [0.05, 0.1) is 25.7 Å². The lowest BCUT2D eigenvalue weighted by Gasteiger charge is -2.25. The number of pyridine rings is 1. The summed E-state index contributed by atoms with van der Waals surface area (Å²) in [4.78, 5) is 47.8. The molecule has 0 aliphatic carbocycles. The largest absolute Gasteiger partial charge is 0.457 e. The summed E-state index contributed by atoms with van der Waals surface area (Å²) in [6, 6.07) is 13.8. The van der Waals surface area contributed by atoms with Crippen molar-refractivity contribution in [1.82, 2.24) is 25.5 Å². The van der Waals surface area contributed by atoms with E-state index < -0.39 is 42.0 Å². The summed E-state index contributed by atoms with van der Waals surface area (Å²) in [5.74, 6) is -1.18. The number of rotatable bonds is 10. The highest BCUT2D eigenvalue weighted by molar-refractivity contribution is 5.97. The van der Waals surface area contributed by atoms with Crippen LogP contribution in [0.5, 0.6) is 11.5 Å². The zero-order valence-electron chi connectivity index (χ0n) is 23.6. The number of alkyl halides is 1. The summed E-state index contributed by atoms with van der Waals surface area (Å²) >= 11 is 0. The van der Waals surface area contributed by atoms with Gasteiger partial charge in [-0.15, -0.1) is 0 Å². The number of H-pyrrole nitrogens is 1. The number of fused-ring (bicyclic) bond motifs is 1. The molecule has 2 aromatic heterocycles. The highest BCUT2D eigenvalue weighted by Crippen LogP contribution is 2.32. The zero-order chi connectivity index (χ0) is 30.6.